The van der Waals surface area contributed by atoms with Gasteiger partial charge in [-0.1, -0.05) is 0 Å². The normalized spacial score (nSPS) is 11.1. The number of carbonyl (C=O) groups excluding carboxylic acids is 1. The van der Waals surface area contributed by atoms with Crippen LogP contribution < -0.4 is 0 Å². The molecule has 0 unspecified atom stereocenters. The molecule has 0 saturated heterocycles. The van der Waals surface area contributed by atoms with Crippen LogP contribution in [0.5, 0.6) is 0 Å². The predicted octanol–water partition coefficient (Wildman–Crippen LogP) is 3.14. The number of hydrogen-bond acceptors (Lipinski definition) is 2. The number of carbonyl (C=O) groups is 1. The van der Waals surface area contributed by atoms with E-state index < -0.39 is 40.3 Å². The SMILES string of the molecule is N#Cc1cc(C(F)(F)F)cc(F)c1C(=O)CCl. The average molecular weight is 266 g/mol. The van der Waals surface area contributed by atoms with Gasteiger partial charge in [0.1, 0.15) is 11.9 Å². The zero-order valence-electron chi connectivity index (χ0n) is 8.11. The summed E-state index contributed by atoms with van der Waals surface area (Å²) in [5.74, 6) is -2.95. The maximum absolute atomic E-state index is 13.3. The van der Waals surface area contributed by atoms with Gasteiger partial charge >= 0.3 is 6.18 Å². The number of nitrogens with zero attached hydrogens (tertiary/aromatic N) is 1. The van der Waals surface area contributed by atoms with E-state index in [0.29, 0.717) is 6.07 Å². The third kappa shape index (κ3) is 2.74. The Kier molecular flexibility index (Phi) is 3.73. The molecule has 0 N–H and O–H groups in total. The fraction of sp³-hybridized carbons (Fsp3) is 0.200. The summed E-state index contributed by atoms with van der Waals surface area (Å²) in [5.41, 5.74) is -2.71. The molecule has 1 aromatic rings. The van der Waals surface area contributed by atoms with E-state index in [1.807, 2.05) is 0 Å². The van der Waals surface area contributed by atoms with Crippen LogP contribution in [-0.4, -0.2) is 11.7 Å². The summed E-state index contributed by atoms with van der Waals surface area (Å²) in [4.78, 5) is 11.2. The lowest BCUT2D eigenvalue weighted by atomic mass is 10.0. The monoisotopic (exact) mass is 265 g/mol. The van der Waals surface area contributed by atoms with Crippen LogP contribution in [0.2, 0.25) is 0 Å². The highest BCUT2D eigenvalue weighted by Crippen LogP contribution is 2.31. The van der Waals surface area contributed by atoms with Crippen LogP contribution in [0.25, 0.3) is 0 Å². The van der Waals surface area contributed by atoms with Gasteiger partial charge in [0.05, 0.1) is 22.6 Å². The smallest absolute Gasteiger partial charge is 0.293 e. The van der Waals surface area contributed by atoms with Gasteiger partial charge in [0.15, 0.2) is 5.78 Å². The molecule has 1 aromatic carbocycles. The minimum absolute atomic E-state index is 0.167. The van der Waals surface area contributed by atoms with E-state index in [0.717, 1.165) is 0 Å². The van der Waals surface area contributed by atoms with Gasteiger partial charge in [-0.3, -0.25) is 4.79 Å². The van der Waals surface area contributed by atoms with Gasteiger partial charge in [-0.15, -0.1) is 11.6 Å². The maximum Gasteiger partial charge on any atom is 0.416 e. The molecule has 0 bridgehead atoms. The van der Waals surface area contributed by atoms with Crippen molar-refractivity contribution < 1.29 is 22.4 Å². The van der Waals surface area contributed by atoms with E-state index >= 15 is 0 Å². The minimum atomic E-state index is -4.78. The first-order valence-electron chi connectivity index (χ1n) is 4.21. The van der Waals surface area contributed by atoms with Gasteiger partial charge in [0.2, 0.25) is 0 Å². The van der Waals surface area contributed by atoms with Crippen molar-refractivity contribution in [3.05, 3.63) is 34.6 Å². The molecule has 17 heavy (non-hydrogen) atoms. The van der Waals surface area contributed by atoms with Crippen molar-refractivity contribution >= 4 is 17.4 Å². The Morgan fingerprint density at radius 2 is 2.00 bits per heavy atom. The second-order valence-electron chi connectivity index (χ2n) is 3.05. The van der Waals surface area contributed by atoms with E-state index in [1.54, 1.807) is 0 Å². The molecule has 2 nitrogen and oxygen atoms in total. The minimum Gasteiger partial charge on any atom is -0.293 e. The van der Waals surface area contributed by atoms with E-state index in [1.165, 1.54) is 6.07 Å². The molecule has 90 valence electrons. The highest BCUT2D eigenvalue weighted by Gasteiger charge is 2.33. The second-order valence-corrected chi connectivity index (χ2v) is 3.31. The lowest BCUT2D eigenvalue weighted by Crippen LogP contribution is -2.12. The van der Waals surface area contributed by atoms with Crippen LogP contribution in [0.15, 0.2) is 12.1 Å². The summed E-state index contributed by atoms with van der Waals surface area (Å²) >= 11 is 5.17. The molecule has 0 radical (unpaired) electrons. The Bertz CT molecular complexity index is 504. The third-order valence-electron chi connectivity index (χ3n) is 1.94. The second kappa shape index (κ2) is 4.72. The highest BCUT2D eigenvalue weighted by molar-refractivity contribution is 6.30. The number of rotatable bonds is 2. The van der Waals surface area contributed by atoms with Gasteiger partial charge in [-0.25, -0.2) is 4.39 Å². The van der Waals surface area contributed by atoms with E-state index in [2.05, 4.69) is 0 Å². The van der Waals surface area contributed by atoms with Gasteiger partial charge in [-0.05, 0) is 12.1 Å². The molecule has 0 aromatic heterocycles. The molecule has 0 spiro atoms. The Morgan fingerprint density at radius 1 is 1.41 bits per heavy atom. The summed E-state index contributed by atoms with van der Waals surface area (Å²) in [6.07, 6.45) is -4.78. The number of ketones is 1. The largest absolute Gasteiger partial charge is 0.416 e. The zero-order valence-corrected chi connectivity index (χ0v) is 8.86. The van der Waals surface area contributed by atoms with Gasteiger partial charge in [0, 0.05) is 0 Å². The summed E-state index contributed by atoms with van der Waals surface area (Å²) in [5, 5.41) is 8.60. The average Bonchev–Trinajstić information content (AvgIpc) is 2.25. The first-order valence-corrected chi connectivity index (χ1v) is 4.74. The van der Waals surface area contributed by atoms with Gasteiger partial charge < -0.3 is 0 Å². The number of Topliss-reactive ketones (excluding diaryl/α,β-unsaturated/α-hetero) is 1. The Morgan fingerprint density at radius 3 is 2.41 bits per heavy atom. The van der Waals surface area contributed by atoms with Gasteiger partial charge in [0.25, 0.3) is 0 Å². The molecule has 0 aliphatic carbocycles. The van der Waals surface area contributed by atoms with Crippen molar-refractivity contribution in [2.24, 2.45) is 0 Å². The molecule has 0 amide bonds. The fourth-order valence-corrected chi connectivity index (χ4v) is 1.34. The molecular formula is C10H4ClF4NO. The summed E-state index contributed by atoms with van der Waals surface area (Å²) in [6.45, 7) is 0. The molecule has 0 saturated carbocycles. The van der Waals surface area contributed by atoms with Crippen LogP contribution in [0.3, 0.4) is 0 Å². The molecular weight excluding hydrogens is 262 g/mol. The number of nitriles is 1. The standard InChI is InChI=1S/C10H4ClF4NO/c11-3-8(17)9-5(4-16)1-6(2-7(9)12)10(13,14)15/h1-2H,3H2. The molecule has 0 aliphatic rings. The van der Waals surface area contributed by atoms with Crippen molar-refractivity contribution in [2.45, 2.75) is 6.18 Å². The molecule has 0 atom stereocenters. The zero-order chi connectivity index (χ0) is 13.2. The molecule has 0 heterocycles. The first kappa shape index (κ1) is 13.5. The van der Waals surface area contributed by atoms with Crippen LogP contribution in [0.1, 0.15) is 21.5 Å². The van der Waals surface area contributed by atoms with Crippen LogP contribution >= 0.6 is 11.6 Å². The number of alkyl halides is 4. The summed E-state index contributed by atoms with van der Waals surface area (Å²) < 4.78 is 50.3. The van der Waals surface area contributed by atoms with Crippen molar-refractivity contribution in [1.29, 1.82) is 5.26 Å². The number of hydrogen-bond donors (Lipinski definition) is 0. The Labute approximate surface area is 98.4 Å². The molecule has 0 fully saturated rings. The van der Waals surface area contributed by atoms with Crippen molar-refractivity contribution in [3.8, 4) is 6.07 Å². The van der Waals surface area contributed by atoms with E-state index in [-0.39, 0.29) is 6.07 Å². The first-order chi connectivity index (χ1) is 7.81. The van der Waals surface area contributed by atoms with Gasteiger partial charge in [-0.2, -0.15) is 18.4 Å². The lowest BCUT2D eigenvalue weighted by Gasteiger charge is -2.09. The summed E-state index contributed by atoms with van der Waals surface area (Å²) in [7, 11) is 0. The van der Waals surface area contributed by atoms with Crippen LogP contribution in [-0.2, 0) is 6.18 Å². The lowest BCUT2D eigenvalue weighted by molar-refractivity contribution is -0.137. The van der Waals surface area contributed by atoms with E-state index in [4.69, 9.17) is 16.9 Å². The van der Waals surface area contributed by atoms with Crippen molar-refractivity contribution in [3.63, 3.8) is 0 Å². The Balaban J connectivity index is 3.48. The van der Waals surface area contributed by atoms with Crippen molar-refractivity contribution in [1.82, 2.24) is 0 Å². The molecule has 0 aliphatic heterocycles. The van der Waals surface area contributed by atoms with Crippen LogP contribution in [0.4, 0.5) is 17.6 Å². The van der Waals surface area contributed by atoms with E-state index in [9.17, 15) is 22.4 Å². The van der Waals surface area contributed by atoms with Crippen molar-refractivity contribution in [2.75, 3.05) is 5.88 Å². The maximum atomic E-state index is 13.3. The molecule has 7 heteroatoms. The third-order valence-corrected chi connectivity index (χ3v) is 2.18. The topological polar surface area (TPSA) is 40.9 Å². The summed E-state index contributed by atoms with van der Waals surface area (Å²) in [6, 6.07) is 1.93. The Hall–Kier alpha value is -1.61. The fourth-order valence-electron chi connectivity index (χ4n) is 1.21. The van der Waals surface area contributed by atoms with Crippen LogP contribution in [0, 0.1) is 17.1 Å². The number of halogens is 5. The number of benzene rings is 1. The predicted molar refractivity (Wildman–Crippen MR) is 51.2 cm³/mol. The highest BCUT2D eigenvalue weighted by atomic mass is 35.5. The quantitative estimate of drug-likeness (QED) is 0.468. The molecule has 1 rings (SSSR count).